The van der Waals surface area contributed by atoms with Crippen LogP contribution in [0.2, 0.25) is 0 Å². The average molecular weight is 326 g/mol. The Labute approximate surface area is 138 Å². The summed E-state index contributed by atoms with van der Waals surface area (Å²) in [5.74, 6) is -1.20. The predicted octanol–water partition coefficient (Wildman–Crippen LogP) is 3.31. The van der Waals surface area contributed by atoms with Crippen LogP contribution in [0.15, 0.2) is 42.5 Å². The van der Waals surface area contributed by atoms with Gasteiger partial charge in [-0.2, -0.15) is 5.26 Å². The maximum Gasteiger partial charge on any atom is 0.265 e. The first-order chi connectivity index (χ1) is 11.4. The number of ketones is 1. The molecule has 1 amide bonds. The Morgan fingerprint density at radius 3 is 2.46 bits per heavy atom. The van der Waals surface area contributed by atoms with E-state index >= 15 is 0 Å². The third-order valence-corrected chi connectivity index (χ3v) is 3.28. The highest BCUT2D eigenvalue weighted by molar-refractivity contribution is 5.97. The molecule has 1 atom stereocenters. The number of nitrogens with one attached hydrogen (secondary N) is 1. The van der Waals surface area contributed by atoms with Gasteiger partial charge < -0.3 is 10.1 Å². The van der Waals surface area contributed by atoms with Crippen molar-refractivity contribution in [2.24, 2.45) is 0 Å². The van der Waals surface area contributed by atoms with Crippen LogP contribution in [0.3, 0.4) is 0 Å². The number of rotatable bonds is 5. The lowest BCUT2D eigenvalue weighted by molar-refractivity contribution is -0.122. The molecule has 0 saturated carbocycles. The second kappa shape index (κ2) is 7.38. The summed E-state index contributed by atoms with van der Waals surface area (Å²) in [5, 5.41) is 11.4. The number of anilines is 1. The van der Waals surface area contributed by atoms with Gasteiger partial charge in [0.2, 0.25) is 0 Å². The lowest BCUT2D eigenvalue weighted by Gasteiger charge is -2.16. The highest BCUT2D eigenvalue weighted by atomic mass is 19.1. The number of nitriles is 1. The number of carbonyl (C=O) groups is 2. The first-order valence-corrected chi connectivity index (χ1v) is 7.19. The first-order valence-electron chi connectivity index (χ1n) is 7.19. The molecule has 24 heavy (non-hydrogen) atoms. The van der Waals surface area contributed by atoms with E-state index < -0.39 is 17.8 Å². The van der Waals surface area contributed by atoms with Gasteiger partial charge in [0.25, 0.3) is 5.91 Å². The smallest absolute Gasteiger partial charge is 0.265 e. The summed E-state index contributed by atoms with van der Waals surface area (Å²) in [4.78, 5) is 23.7. The van der Waals surface area contributed by atoms with Crippen molar-refractivity contribution < 1.29 is 18.7 Å². The number of nitrogens with zero attached hydrogens (tertiary/aromatic N) is 1. The maximum absolute atomic E-state index is 13.2. The number of amides is 1. The molecule has 0 spiro atoms. The van der Waals surface area contributed by atoms with E-state index in [9.17, 15) is 14.0 Å². The van der Waals surface area contributed by atoms with E-state index in [1.165, 1.54) is 19.9 Å². The number of hydrogen-bond donors (Lipinski definition) is 1. The molecular weight excluding hydrogens is 311 g/mol. The van der Waals surface area contributed by atoms with Crippen LogP contribution in [0.1, 0.15) is 29.8 Å². The number of Topliss-reactive ketones (excluding diaryl/α,β-unsaturated/α-hetero) is 1. The Morgan fingerprint density at radius 1 is 1.21 bits per heavy atom. The first kappa shape index (κ1) is 17.2. The average Bonchev–Trinajstić information content (AvgIpc) is 2.56. The summed E-state index contributed by atoms with van der Waals surface area (Å²) in [5.41, 5.74) is 1.07. The zero-order chi connectivity index (χ0) is 17.7. The molecule has 0 fully saturated rings. The van der Waals surface area contributed by atoms with Crippen LogP contribution in [-0.2, 0) is 4.79 Å². The Morgan fingerprint density at radius 2 is 1.88 bits per heavy atom. The quantitative estimate of drug-likeness (QED) is 0.855. The van der Waals surface area contributed by atoms with Crippen molar-refractivity contribution in [2.45, 2.75) is 20.0 Å². The number of ether oxygens (including phenoxy) is 1. The highest BCUT2D eigenvalue weighted by Gasteiger charge is 2.18. The van der Waals surface area contributed by atoms with Gasteiger partial charge in [-0.3, -0.25) is 9.59 Å². The predicted molar refractivity (Wildman–Crippen MR) is 86.3 cm³/mol. The minimum absolute atomic E-state index is 0.0769. The van der Waals surface area contributed by atoms with Gasteiger partial charge in [-0.05, 0) is 56.3 Å². The van der Waals surface area contributed by atoms with E-state index in [0.29, 0.717) is 11.3 Å². The van der Waals surface area contributed by atoms with E-state index in [2.05, 4.69) is 5.32 Å². The largest absolute Gasteiger partial charge is 0.480 e. The molecule has 0 heterocycles. The van der Waals surface area contributed by atoms with E-state index in [0.717, 1.165) is 12.1 Å². The van der Waals surface area contributed by atoms with Gasteiger partial charge in [-0.25, -0.2) is 4.39 Å². The van der Waals surface area contributed by atoms with Crippen molar-refractivity contribution in [1.29, 1.82) is 5.26 Å². The molecule has 0 saturated heterocycles. The van der Waals surface area contributed by atoms with Gasteiger partial charge >= 0.3 is 0 Å². The fourth-order valence-electron chi connectivity index (χ4n) is 2.00. The lowest BCUT2D eigenvalue weighted by atomic mass is 10.1. The number of hydrogen-bond acceptors (Lipinski definition) is 4. The number of halogens is 1. The molecular formula is C18H15FN2O3. The van der Waals surface area contributed by atoms with Gasteiger partial charge in [0.1, 0.15) is 11.6 Å². The van der Waals surface area contributed by atoms with Crippen molar-refractivity contribution in [3.8, 4) is 11.8 Å². The molecule has 0 aromatic heterocycles. The number of carbonyl (C=O) groups excluding carboxylic acids is 2. The minimum atomic E-state index is -0.899. The van der Waals surface area contributed by atoms with E-state index in [-0.39, 0.29) is 17.1 Å². The Hall–Kier alpha value is -3.20. The summed E-state index contributed by atoms with van der Waals surface area (Å²) in [6.45, 7) is 2.81. The molecule has 122 valence electrons. The summed E-state index contributed by atoms with van der Waals surface area (Å²) in [7, 11) is 0. The van der Waals surface area contributed by atoms with Gasteiger partial charge in [0.05, 0.1) is 17.2 Å². The molecule has 2 aromatic rings. The fraction of sp³-hybridized carbons (Fsp3) is 0.167. The SMILES string of the molecule is CC(=O)c1cc(F)ccc1O[C@H](C)C(=O)Nc1ccc(C#N)cc1. The second-order valence-corrected chi connectivity index (χ2v) is 5.14. The topological polar surface area (TPSA) is 79.2 Å². The molecule has 2 rings (SSSR count). The summed E-state index contributed by atoms with van der Waals surface area (Å²) < 4.78 is 18.7. The third-order valence-electron chi connectivity index (χ3n) is 3.28. The zero-order valence-corrected chi connectivity index (χ0v) is 13.2. The Balaban J connectivity index is 2.09. The Kier molecular flexibility index (Phi) is 5.27. The van der Waals surface area contributed by atoms with Crippen molar-refractivity contribution in [1.82, 2.24) is 0 Å². The van der Waals surface area contributed by atoms with Gasteiger partial charge in [-0.15, -0.1) is 0 Å². The fourth-order valence-corrected chi connectivity index (χ4v) is 2.00. The lowest BCUT2D eigenvalue weighted by Crippen LogP contribution is -2.30. The summed E-state index contributed by atoms with van der Waals surface area (Å²) in [6, 6.07) is 11.9. The zero-order valence-electron chi connectivity index (χ0n) is 13.2. The molecule has 2 aromatic carbocycles. The van der Waals surface area contributed by atoms with Gasteiger partial charge in [0, 0.05) is 5.69 Å². The molecule has 0 radical (unpaired) electrons. The molecule has 1 N–H and O–H groups in total. The molecule has 0 aliphatic rings. The van der Waals surface area contributed by atoms with E-state index in [1.807, 2.05) is 6.07 Å². The van der Waals surface area contributed by atoms with Gasteiger partial charge in [0.15, 0.2) is 11.9 Å². The van der Waals surface area contributed by atoms with E-state index in [4.69, 9.17) is 10.00 Å². The molecule has 0 aliphatic heterocycles. The van der Waals surface area contributed by atoms with Crippen molar-refractivity contribution in [2.75, 3.05) is 5.32 Å². The molecule has 5 nitrogen and oxygen atoms in total. The Bertz CT molecular complexity index is 810. The monoisotopic (exact) mass is 326 g/mol. The van der Waals surface area contributed by atoms with Crippen molar-refractivity contribution >= 4 is 17.4 Å². The van der Waals surface area contributed by atoms with Gasteiger partial charge in [-0.1, -0.05) is 0 Å². The second-order valence-electron chi connectivity index (χ2n) is 5.14. The summed E-state index contributed by atoms with van der Waals surface area (Å²) in [6.07, 6.45) is -0.899. The molecule has 0 bridgehead atoms. The normalized spacial score (nSPS) is 11.2. The van der Waals surface area contributed by atoms with Crippen LogP contribution in [0.5, 0.6) is 5.75 Å². The maximum atomic E-state index is 13.2. The van der Waals surface area contributed by atoms with Crippen LogP contribution in [0.4, 0.5) is 10.1 Å². The number of benzene rings is 2. The van der Waals surface area contributed by atoms with Crippen LogP contribution < -0.4 is 10.1 Å². The summed E-state index contributed by atoms with van der Waals surface area (Å²) >= 11 is 0. The standard InChI is InChI=1S/C18H15FN2O3/c1-11(22)16-9-14(19)5-8-17(16)24-12(2)18(23)21-15-6-3-13(10-20)4-7-15/h3-9,12H,1-2H3,(H,21,23)/t12-/m1/s1. The third kappa shape index (κ3) is 4.17. The van der Waals surface area contributed by atoms with Crippen molar-refractivity contribution in [3.63, 3.8) is 0 Å². The highest BCUT2D eigenvalue weighted by Crippen LogP contribution is 2.22. The van der Waals surface area contributed by atoms with Crippen LogP contribution in [-0.4, -0.2) is 17.8 Å². The van der Waals surface area contributed by atoms with Crippen LogP contribution in [0, 0.1) is 17.1 Å². The van der Waals surface area contributed by atoms with Crippen molar-refractivity contribution in [3.05, 3.63) is 59.4 Å². The van der Waals surface area contributed by atoms with E-state index in [1.54, 1.807) is 24.3 Å². The molecule has 6 heteroatoms. The molecule has 0 unspecified atom stereocenters. The van der Waals surface area contributed by atoms with Crippen LogP contribution >= 0.6 is 0 Å². The molecule has 0 aliphatic carbocycles. The minimum Gasteiger partial charge on any atom is -0.480 e. The van der Waals surface area contributed by atoms with Crippen LogP contribution in [0.25, 0.3) is 0 Å².